The molecule has 41 heavy (non-hydrogen) atoms. The van der Waals surface area contributed by atoms with Gasteiger partial charge in [-0.1, -0.05) is 59.4 Å². The van der Waals surface area contributed by atoms with Gasteiger partial charge < -0.3 is 14.2 Å². The summed E-state index contributed by atoms with van der Waals surface area (Å²) in [6.07, 6.45) is 1.83. The van der Waals surface area contributed by atoms with Gasteiger partial charge in [-0.05, 0) is 83.7 Å². The number of methoxy groups -OCH3 is 1. The number of carbonyl (C=O) groups is 1. The number of rotatable bonds is 8. The molecule has 1 atom stereocenters. The summed E-state index contributed by atoms with van der Waals surface area (Å²) in [6.45, 7) is 6.26. The molecule has 7 nitrogen and oxygen atoms in total. The molecule has 0 spiro atoms. The Kier molecular flexibility index (Phi) is 8.56. The third-order valence-electron chi connectivity index (χ3n) is 6.71. The molecule has 210 valence electrons. The van der Waals surface area contributed by atoms with Gasteiger partial charge in [0.25, 0.3) is 5.56 Å². The Balaban J connectivity index is 1.51. The summed E-state index contributed by atoms with van der Waals surface area (Å²) in [5, 5.41) is 0. The first-order chi connectivity index (χ1) is 19.8. The maximum atomic E-state index is 13.8. The highest BCUT2D eigenvalue weighted by Crippen LogP contribution is 2.35. The Hall–Kier alpha value is -3.95. The Morgan fingerprint density at radius 3 is 2.46 bits per heavy atom. The van der Waals surface area contributed by atoms with E-state index < -0.39 is 12.0 Å². The highest BCUT2D eigenvalue weighted by molar-refractivity contribution is 9.10. The number of aryl methyl sites for hydroxylation is 1. The van der Waals surface area contributed by atoms with Crippen molar-refractivity contribution < 1.29 is 19.0 Å². The van der Waals surface area contributed by atoms with Crippen molar-refractivity contribution in [1.82, 2.24) is 4.57 Å². The van der Waals surface area contributed by atoms with E-state index in [2.05, 4.69) is 52.1 Å². The number of thiazole rings is 1. The summed E-state index contributed by atoms with van der Waals surface area (Å²) >= 11 is 4.82. The van der Waals surface area contributed by atoms with Gasteiger partial charge in [0.2, 0.25) is 0 Å². The molecule has 1 aliphatic rings. The molecule has 0 bridgehead atoms. The average Bonchev–Trinajstić information content (AvgIpc) is 3.26. The van der Waals surface area contributed by atoms with Crippen molar-refractivity contribution in [1.29, 1.82) is 0 Å². The third-order valence-corrected chi connectivity index (χ3v) is 8.32. The lowest BCUT2D eigenvalue weighted by molar-refractivity contribution is -0.139. The predicted octanol–water partition coefficient (Wildman–Crippen LogP) is 5.46. The molecule has 0 aliphatic carbocycles. The first kappa shape index (κ1) is 28.6. The van der Waals surface area contributed by atoms with Crippen molar-refractivity contribution >= 4 is 39.3 Å². The van der Waals surface area contributed by atoms with E-state index >= 15 is 0 Å². The van der Waals surface area contributed by atoms with E-state index in [1.54, 1.807) is 31.6 Å². The zero-order valence-corrected chi connectivity index (χ0v) is 25.5. The molecule has 0 amide bonds. The minimum Gasteiger partial charge on any atom is -0.496 e. The number of ether oxygens (including phenoxy) is 3. The van der Waals surface area contributed by atoms with E-state index in [0.29, 0.717) is 37.4 Å². The van der Waals surface area contributed by atoms with E-state index in [9.17, 15) is 9.59 Å². The van der Waals surface area contributed by atoms with Crippen LogP contribution in [0.15, 0.2) is 92.3 Å². The number of halogens is 1. The van der Waals surface area contributed by atoms with Crippen LogP contribution in [-0.4, -0.2) is 24.3 Å². The lowest BCUT2D eigenvalue weighted by Crippen LogP contribution is -2.39. The minimum atomic E-state index is -0.702. The van der Waals surface area contributed by atoms with Crippen molar-refractivity contribution in [3.05, 3.63) is 124 Å². The van der Waals surface area contributed by atoms with Crippen LogP contribution in [0.1, 0.15) is 42.1 Å². The molecule has 1 aromatic heterocycles. The van der Waals surface area contributed by atoms with Crippen molar-refractivity contribution in [3.8, 4) is 11.5 Å². The molecular weight excluding hydrogens is 604 g/mol. The molecule has 0 fully saturated rings. The number of aromatic nitrogens is 1. The van der Waals surface area contributed by atoms with Gasteiger partial charge in [0.15, 0.2) is 4.80 Å². The third kappa shape index (κ3) is 6.06. The fourth-order valence-corrected chi connectivity index (χ4v) is 6.23. The highest BCUT2D eigenvalue weighted by Gasteiger charge is 2.33. The number of hydrogen-bond donors (Lipinski definition) is 0. The maximum absolute atomic E-state index is 13.8. The Morgan fingerprint density at radius 2 is 1.80 bits per heavy atom. The van der Waals surface area contributed by atoms with Crippen LogP contribution in [-0.2, 0) is 16.1 Å². The van der Waals surface area contributed by atoms with Gasteiger partial charge in [0.05, 0.1) is 40.0 Å². The van der Waals surface area contributed by atoms with Gasteiger partial charge in [-0.3, -0.25) is 9.36 Å². The van der Waals surface area contributed by atoms with Crippen LogP contribution in [0, 0.1) is 6.92 Å². The van der Waals surface area contributed by atoms with Gasteiger partial charge in [-0.25, -0.2) is 9.79 Å². The normalized spacial score (nSPS) is 14.9. The molecule has 9 heteroatoms. The first-order valence-electron chi connectivity index (χ1n) is 13.1. The summed E-state index contributed by atoms with van der Waals surface area (Å²) in [6, 6.07) is 20.6. The Labute approximate surface area is 250 Å². The first-order valence-corrected chi connectivity index (χ1v) is 14.7. The maximum Gasteiger partial charge on any atom is 0.338 e. The SMILES string of the molecule is CCOC(=O)C1=C(C)N=c2s/c(=C/c3ccc(OCc4ccc(C)cc4)cc3)c(=O)n2[C@@H]1c1ccc(OC)c(Br)c1. The molecule has 0 N–H and O–H groups in total. The van der Waals surface area contributed by atoms with Gasteiger partial charge >= 0.3 is 5.97 Å². The quantitative estimate of drug-likeness (QED) is 0.241. The second kappa shape index (κ2) is 12.3. The number of fused-ring (bicyclic) bond motifs is 1. The molecule has 5 rings (SSSR count). The molecule has 1 aliphatic heterocycles. The van der Waals surface area contributed by atoms with Gasteiger partial charge in [-0.15, -0.1) is 0 Å². The topological polar surface area (TPSA) is 79.1 Å². The summed E-state index contributed by atoms with van der Waals surface area (Å²) in [5.41, 5.74) is 4.50. The van der Waals surface area contributed by atoms with Crippen LogP contribution in [0.3, 0.4) is 0 Å². The summed E-state index contributed by atoms with van der Waals surface area (Å²) in [5.74, 6) is 0.885. The van der Waals surface area contributed by atoms with Crippen LogP contribution in [0.25, 0.3) is 6.08 Å². The van der Waals surface area contributed by atoms with E-state index in [1.807, 2.05) is 42.5 Å². The van der Waals surface area contributed by atoms with Crippen LogP contribution >= 0.6 is 27.3 Å². The highest BCUT2D eigenvalue weighted by atomic mass is 79.9. The second-order valence-electron chi connectivity index (χ2n) is 9.54. The Morgan fingerprint density at radius 1 is 1.07 bits per heavy atom. The van der Waals surface area contributed by atoms with Crippen LogP contribution in [0.2, 0.25) is 0 Å². The number of nitrogens with zero attached hydrogens (tertiary/aromatic N) is 2. The minimum absolute atomic E-state index is 0.212. The summed E-state index contributed by atoms with van der Waals surface area (Å²) < 4.78 is 19.5. The lowest BCUT2D eigenvalue weighted by atomic mass is 9.96. The molecule has 0 unspecified atom stereocenters. The van der Waals surface area contributed by atoms with Crippen LogP contribution < -0.4 is 24.4 Å². The molecule has 2 heterocycles. The molecule has 0 radical (unpaired) electrons. The van der Waals surface area contributed by atoms with Gasteiger partial charge in [0, 0.05) is 0 Å². The van der Waals surface area contributed by atoms with Crippen molar-refractivity contribution in [2.24, 2.45) is 4.99 Å². The number of esters is 1. The van der Waals surface area contributed by atoms with E-state index in [4.69, 9.17) is 14.2 Å². The summed E-state index contributed by atoms with van der Waals surface area (Å²) in [4.78, 5) is 32.1. The molecular formula is C32H29BrN2O5S. The van der Waals surface area contributed by atoms with E-state index in [-0.39, 0.29) is 12.2 Å². The number of hydrogen-bond acceptors (Lipinski definition) is 7. The van der Waals surface area contributed by atoms with E-state index in [0.717, 1.165) is 22.4 Å². The molecule has 0 saturated heterocycles. The van der Waals surface area contributed by atoms with Crippen molar-refractivity contribution in [2.45, 2.75) is 33.4 Å². The zero-order chi connectivity index (χ0) is 29.1. The number of carbonyl (C=O) groups excluding carboxylic acids is 1. The van der Waals surface area contributed by atoms with Crippen LogP contribution in [0.4, 0.5) is 0 Å². The van der Waals surface area contributed by atoms with Gasteiger partial charge in [-0.2, -0.15) is 0 Å². The molecule has 3 aromatic carbocycles. The van der Waals surface area contributed by atoms with Crippen LogP contribution in [0.5, 0.6) is 11.5 Å². The predicted molar refractivity (Wildman–Crippen MR) is 163 cm³/mol. The Bertz CT molecular complexity index is 1800. The lowest BCUT2D eigenvalue weighted by Gasteiger charge is -2.25. The monoisotopic (exact) mass is 632 g/mol. The number of allylic oxidation sites excluding steroid dienone is 1. The fourth-order valence-electron chi connectivity index (χ4n) is 4.62. The smallest absolute Gasteiger partial charge is 0.338 e. The summed E-state index contributed by atoms with van der Waals surface area (Å²) in [7, 11) is 1.58. The molecule has 4 aromatic rings. The largest absolute Gasteiger partial charge is 0.496 e. The zero-order valence-electron chi connectivity index (χ0n) is 23.1. The van der Waals surface area contributed by atoms with E-state index in [1.165, 1.54) is 16.9 Å². The van der Waals surface area contributed by atoms with Crippen molar-refractivity contribution in [2.75, 3.05) is 13.7 Å². The fraction of sp³-hybridized carbons (Fsp3) is 0.219. The standard InChI is InChI=1S/C32H29BrN2O5S/c1-5-39-31(37)28-20(3)34-32-35(29(28)23-12-15-26(38-4)25(33)17-23)30(36)27(41-32)16-21-10-13-24(14-11-21)40-18-22-8-6-19(2)7-9-22/h6-17,29H,5,18H2,1-4H3/b27-16+/t29-/m1/s1. The average molecular weight is 634 g/mol. The number of benzene rings is 3. The molecule has 0 saturated carbocycles. The second-order valence-corrected chi connectivity index (χ2v) is 11.4. The van der Waals surface area contributed by atoms with Crippen molar-refractivity contribution in [3.63, 3.8) is 0 Å². The van der Waals surface area contributed by atoms with Gasteiger partial charge in [0.1, 0.15) is 18.1 Å².